The first-order valence-corrected chi connectivity index (χ1v) is 9.14. The van der Waals surface area contributed by atoms with Crippen LogP contribution in [0.15, 0.2) is 48.5 Å². The molecule has 0 spiro atoms. The number of morpholine rings is 1. The number of halogens is 2. The third kappa shape index (κ3) is 4.49. The summed E-state index contributed by atoms with van der Waals surface area (Å²) in [6.45, 7) is 2.27. The van der Waals surface area contributed by atoms with Crippen molar-refractivity contribution in [3.05, 3.63) is 71.2 Å². The molecule has 1 fully saturated rings. The van der Waals surface area contributed by atoms with E-state index in [0.29, 0.717) is 12.3 Å². The van der Waals surface area contributed by atoms with Crippen molar-refractivity contribution in [1.29, 1.82) is 5.26 Å². The predicted octanol–water partition coefficient (Wildman–Crippen LogP) is 3.42. The van der Waals surface area contributed by atoms with E-state index in [0.717, 1.165) is 18.7 Å². The smallest absolute Gasteiger partial charge is 0.273 e. The number of nitrogens with one attached hydrogen (secondary N) is 3. The molecule has 30 heavy (non-hydrogen) atoms. The maximum atomic E-state index is 14.3. The number of hydrogen-bond donors (Lipinski definition) is 3. The summed E-state index contributed by atoms with van der Waals surface area (Å²) in [5, 5.41) is 21.6. The van der Waals surface area contributed by atoms with Gasteiger partial charge in [0.05, 0.1) is 24.0 Å². The fourth-order valence-electron chi connectivity index (χ4n) is 3.15. The van der Waals surface area contributed by atoms with E-state index in [9.17, 15) is 9.18 Å². The lowest BCUT2D eigenvalue weighted by Gasteiger charge is -2.24. The van der Waals surface area contributed by atoms with E-state index in [4.69, 9.17) is 10.00 Å². The molecular weight excluding hydrogens is 409 g/mol. The van der Waals surface area contributed by atoms with E-state index in [-0.39, 0.29) is 41.0 Å². The Kier molecular flexibility index (Phi) is 6.79. The SMILES string of the molecule is Cl.N#Cc1cccc(-c2cc(C(=O)Nc3ccc(C4CNCCO4)cc3)[nH]n2)c1F. The van der Waals surface area contributed by atoms with Crippen molar-refractivity contribution in [2.75, 3.05) is 25.0 Å². The van der Waals surface area contributed by atoms with Gasteiger partial charge in [-0.05, 0) is 35.9 Å². The number of nitrogens with zero attached hydrogens (tertiary/aromatic N) is 2. The van der Waals surface area contributed by atoms with Crippen molar-refractivity contribution in [3.63, 3.8) is 0 Å². The monoisotopic (exact) mass is 427 g/mol. The molecule has 7 nitrogen and oxygen atoms in total. The Bertz CT molecular complexity index is 1070. The molecule has 1 aliphatic heterocycles. The second-order valence-electron chi connectivity index (χ2n) is 6.59. The van der Waals surface area contributed by atoms with E-state index in [2.05, 4.69) is 20.8 Å². The normalized spacial score (nSPS) is 15.7. The summed E-state index contributed by atoms with van der Waals surface area (Å²) in [6.07, 6.45) is 0.00253. The fraction of sp³-hybridized carbons (Fsp3) is 0.190. The predicted molar refractivity (Wildman–Crippen MR) is 112 cm³/mol. The quantitative estimate of drug-likeness (QED) is 0.592. The number of aromatic nitrogens is 2. The maximum absolute atomic E-state index is 14.3. The van der Waals surface area contributed by atoms with Crippen LogP contribution in [0, 0.1) is 17.1 Å². The second kappa shape index (κ2) is 9.50. The van der Waals surface area contributed by atoms with Gasteiger partial charge in [0.1, 0.15) is 17.6 Å². The number of ether oxygens (including phenoxy) is 1. The lowest BCUT2D eigenvalue weighted by molar-refractivity contribution is 0.0277. The summed E-state index contributed by atoms with van der Waals surface area (Å²) in [6, 6.07) is 15.1. The highest BCUT2D eigenvalue weighted by molar-refractivity contribution is 6.03. The summed E-state index contributed by atoms with van der Waals surface area (Å²) in [5.41, 5.74) is 2.18. The van der Waals surface area contributed by atoms with Crippen LogP contribution in [-0.2, 0) is 4.74 Å². The fourth-order valence-corrected chi connectivity index (χ4v) is 3.15. The minimum atomic E-state index is -0.663. The van der Waals surface area contributed by atoms with Crippen LogP contribution in [-0.4, -0.2) is 35.8 Å². The molecule has 3 N–H and O–H groups in total. The molecule has 0 aliphatic carbocycles. The molecule has 2 aromatic carbocycles. The molecule has 1 atom stereocenters. The topological polar surface area (TPSA) is 103 Å². The lowest BCUT2D eigenvalue weighted by atomic mass is 10.1. The molecule has 0 radical (unpaired) electrons. The van der Waals surface area contributed by atoms with Gasteiger partial charge in [0.25, 0.3) is 5.91 Å². The van der Waals surface area contributed by atoms with Crippen LogP contribution >= 0.6 is 12.4 Å². The number of anilines is 1. The Balaban J connectivity index is 0.00000256. The maximum Gasteiger partial charge on any atom is 0.273 e. The number of H-pyrrole nitrogens is 1. The van der Waals surface area contributed by atoms with Crippen molar-refractivity contribution in [2.45, 2.75) is 6.10 Å². The van der Waals surface area contributed by atoms with E-state index < -0.39 is 11.7 Å². The zero-order valence-electron chi connectivity index (χ0n) is 15.8. The van der Waals surface area contributed by atoms with Gasteiger partial charge in [-0.2, -0.15) is 10.4 Å². The summed E-state index contributed by atoms with van der Waals surface area (Å²) in [5.74, 6) is -1.06. The standard InChI is InChI=1S/C21H18FN5O2.ClH/c22-20-14(11-23)2-1-3-16(20)17-10-18(27-26-17)21(28)25-15-6-4-13(5-7-15)19-12-24-8-9-29-19;/h1-7,10,19,24H,8-9,12H2,(H,25,28)(H,26,27);1H. The van der Waals surface area contributed by atoms with E-state index in [1.807, 2.05) is 12.1 Å². The molecule has 0 bridgehead atoms. The van der Waals surface area contributed by atoms with Gasteiger partial charge in [-0.1, -0.05) is 18.2 Å². The third-order valence-corrected chi connectivity index (χ3v) is 4.69. The summed E-state index contributed by atoms with van der Waals surface area (Å²) < 4.78 is 20.0. The lowest BCUT2D eigenvalue weighted by Crippen LogP contribution is -2.33. The second-order valence-corrected chi connectivity index (χ2v) is 6.59. The largest absolute Gasteiger partial charge is 0.371 e. The number of hydrogen-bond acceptors (Lipinski definition) is 5. The number of carbonyl (C=O) groups is 1. The number of carbonyl (C=O) groups excluding carboxylic acids is 1. The van der Waals surface area contributed by atoms with Crippen LogP contribution in [0.5, 0.6) is 0 Å². The number of rotatable bonds is 4. The minimum absolute atomic E-state index is 0. The zero-order valence-corrected chi connectivity index (χ0v) is 16.6. The number of benzene rings is 2. The highest BCUT2D eigenvalue weighted by Crippen LogP contribution is 2.24. The first-order valence-electron chi connectivity index (χ1n) is 9.14. The molecule has 2 heterocycles. The zero-order chi connectivity index (χ0) is 20.2. The average molecular weight is 428 g/mol. The molecule has 1 saturated heterocycles. The Morgan fingerprint density at radius 2 is 2.07 bits per heavy atom. The van der Waals surface area contributed by atoms with Crippen molar-refractivity contribution < 1.29 is 13.9 Å². The van der Waals surface area contributed by atoms with Crippen LogP contribution in [0.2, 0.25) is 0 Å². The van der Waals surface area contributed by atoms with Crippen LogP contribution in [0.3, 0.4) is 0 Å². The molecule has 4 rings (SSSR count). The number of aromatic amines is 1. The molecule has 154 valence electrons. The van der Waals surface area contributed by atoms with Crippen molar-refractivity contribution in [2.24, 2.45) is 0 Å². The van der Waals surface area contributed by atoms with Gasteiger partial charge in [0, 0.05) is 24.3 Å². The highest BCUT2D eigenvalue weighted by atomic mass is 35.5. The number of nitriles is 1. The van der Waals surface area contributed by atoms with Gasteiger partial charge in [-0.3, -0.25) is 9.89 Å². The van der Waals surface area contributed by atoms with E-state index in [1.165, 1.54) is 18.2 Å². The van der Waals surface area contributed by atoms with Gasteiger partial charge >= 0.3 is 0 Å². The number of amides is 1. The Hall–Kier alpha value is -3.25. The average Bonchev–Trinajstić information content (AvgIpc) is 3.25. The van der Waals surface area contributed by atoms with Gasteiger partial charge in [-0.25, -0.2) is 4.39 Å². The van der Waals surface area contributed by atoms with E-state index in [1.54, 1.807) is 24.3 Å². The van der Waals surface area contributed by atoms with Gasteiger partial charge < -0.3 is 15.4 Å². The van der Waals surface area contributed by atoms with Crippen LogP contribution in [0.25, 0.3) is 11.3 Å². The van der Waals surface area contributed by atoms with Crippen LogP contribution in [0.4, 0.5) is 10.1 Å². The van der Waals surface area contributed by atoms with Crippen molar-refractivity contribution in [1.82, 2.24) is 15.5 Å². The van der Waals surface area contributed by atoms with Crippen molar-refractivity contribution >= 4 is 24.0 Å². The molecule has 0 saturated carbocycles. The first-order chi connectivity index (χ1) is 14.2. The van der Waals surface area contributed by atoms with Gasteiger partial charge in [0.15, 0.2) is 0 Å². The van der Waals surface area contributed by atoms with Crippen molar-refractivity contribution in [3.8, 4) is 17.3 Å². The molecular formula is C21H19ClFN5O2. The highest BCUT2D eigenvalue weighted by Gasteiger charge is 2.17. The third-order valence-electron chi connectivity index (χ3n) is 4.69. The summed E-state index contributed by atoms with van der Waals surface area (Å²) >= 11 is 0. The molecule has 1 aliphatic rings. The van der Waals surface area contributed by atoms with Crippen LogP contribution in [0.1, 0.15) is 27.7 Å². The first kappa shape index (κ1) is 21.5. The summed E-state index contributed by atoms with van der Waals surface area (Å²) in [7, 11) is 0. The Labute approximate surface area is 178 Å². The van der Waals surface area contributed by atoms with E-state index >= 15 is 0 Å². The van der Waals surface area contributed by atoms with Crippen LogP contribution < -0.4 is 10.6 Å². The summed E-state index contributed by atoms with van der Waals surface area (Å²) in [4.78, 5) is 12.5. The molecule has 9 heteroatoms. The van der Waals surface area contributed by atoms with Gasteiger partial charge in [-0.15, -0.1) is 12.4 Å². The molecule has 1 unspecified atom stereocenters. The molecule has 3 aromatic rings. The molecule has 1 aromatic heterocycles. The van der Waals surface area contributed by atoms with Gasteiger partial charge in [0.2, 0.25) is 0 Å². The Morgan fingerprint density at radius 1 is 1.27 bits per heavy atom. The molecule has 1 amide bonds. The minimum Gasteiger partial charge on any atom is -0.371 e. The Morgan fingerprint density at radius 3 is 2.77 bits per heavy atom.